The minimum atomic E-state index is -4.52. The van der Waals surface area contributed by atoms with Gasteiger partial charge in [0.15, 0.2) is 11.6 Å². The third kappa shape index (κ3) is 5.00. The molecule has 3 aromatic rings. The largest absolute Gasteiger partial charge is 0.461 e. The topological polar surface area (TPSA) is 77.0 Å². The van der Waals surface area contributed by atoms with Crippen molar-refractivity contribution in [3.05, 3.63) is 64.8 Å². The van der Waals surface area contributed by atoms with Crippen molar-refractivity contribution < 1.29 is 22.7 Å². The van der Waals surface area contributed by atoms with Crippen molar-refractivity contribution in [3.8, 4) is 11.4 Å². The molecule has 1 heterocycles. The zero-order valence-corrected chi connectivity index (χ0v) is 15.8. The fourth-order valence-electron chi connectivity index (χ4n) is 2.38. The standard InChI is InChI=1S/C19H14ClF3N4O2/c1-2-29-18(28)15-17(24-14-8-6-13(20)7-9-14)25-16(27-26-15)11-4-3-5-12(10-11)19(21,22)23/h3-10H,2H2,1H3,(H,24,25,27). The number of ether oxygens (including phenoxy) is 1. The fraction of sp³-hybridized carbons (Fsp3) is 0.158. The molecule has 0 fully saturated rings. The van der Waals surface area contributed by atoms with E-state index < -0.39 is 17.7 Å². The number of hydrogen-bond acceptors (Lipinski definition) is 6. The fourth-order valence-corrected chi connectivity index (χ4v) is 2.50. The van der Waals surface area contributed by atoms with Gasteiger partial charge in [0.2, 0.25) is 5.69 Å². The van der Waals surface area contributed by atoms with Crippen molar-refractivity contribution in [2.24, 2.45) is 0 Å². The normalized spacial score (nSPS) is 11.2. The molecule has 0 unspecified atom stereocenters. The summed E-state index contributed by atoms with van der Waals surface area (Å²) in [7, 11) is 0. The molecular weight excluding hydrogens is 409 g/mol. The Morgan fingerprint density at radius 1 is 1.14 bits per heavy atom. The molecule has 0 bridgehead atoms. The number of alkyl halides is 3. The molecule has 150 valence electrons. The summed E-state index contributed by atoms with van der Waals surface area (Å²) in [4.78, 5) is 16.4. The van der Waals surface area contributed by atoms with E-state index in [4.69, 9.17) is 16.3 Å². The van der Waals surface area contributed by atoms with Crippen LogP contribution in [0.4, 0.5) is 24.7 Å². The molecule has 0 aliphatic rings. The summed E-state index contributed by atoms with van der Waals surface area (Å²) in [6, 6.07) is 11.0. The number of carbonyl (C=O) groups excluding carboxylic acids is 1. The van der Waals surface area contributed by atoms with Gasteiger partial charge < -0.3 is 10.1 Å². The van der Waals surface area contributed by atoms with E-state index in [1.807, 2.05) is 0 Å². The Morgan fingerprint density at radius 2 is 1.86 bits per heavy atom. The highest BCUT2D eigenvalue weighted by Crippen LogP contribution is 2.31. The molecule has 0 aliphatic carbocycles. The lowest BCUT2D eigenvalue weighted by atomic mass is 10.1. The average molecular weight is 423 g/mol. The summed E-state index contributed by atoms with van der Waals surface area (Å²) in [6.45, 7) is 1.73. The number of nitrogens with zero attached hydrogens (tertiary/aromatic N) is 3. The SMILES string of the molecule is CCOC(=O)c1nnc(-c2cccc(C(F)(F)F)c2)nc1Nc1ccc(Cl)cc1. The zero-order valence-electron chi connectivity index (χ0n) is 15.0. The van der Waals surface area contributed by atoms with E-state index >= 15 is 0 Å². The van der Waals surface area contributed by atoms with E-state index in [0.717, 1.165) is 12.1 Å². The van der Waals surface area contributed by atoms with Crippen LogP contribution in [0.25, 0.3) is 11.4 Å². The van der Waals surface area contributed by atoms with Gasteiger partial charge in [-0.3, -0.25) is 0 Å². The average Bonchev–Trinajstić information content (AvgIpc) is 2.69. The van der Waals surface area contributed by atoms with Crippen LogP contribution in [0.15, 0.2) is 48.5 Å². The molecule has 29 heavy (non-hydrogen) atoms. The highest BCUT2D eigenvalue weighted by atomic mass is 35.5. The Morgan fingerprint density at radius 3 is 2.52 bits per heavy atom. The Hall–Kier alpha value is -3.20. The lowest BCUT2D eigenvalue weighted by Crippen LogP contribution is -2.14. The van der Waals surface area contributed by atoms with Crippen LogP contribution < -0.4 is 5.32 Å². The highest BCUT2D eigenvalue weighted by molar-refractivity contribution is 6.30. The first-order valence-corrected chi connectivity index (χ1v) is 8.78. The molecule has 0 amide bonds. The van der Waals surface area contributed by atoms with E-state index in [-0.39, 0.29) is 29.5 Å². The van der Waals surface area contributed by atoms with Gasteiger partial charge in [0.25, 0.3) is 0 Å². The first-order valence-electron chi connectivity index (χ1n) is 8.40. The van der Waals surface area contributed by atoms with Crippen molar-refractivity contribution in [1.82, 2.24) is 15.2 Å². The van der Waals surface area contributed by atoms with Crippen LogP contribution in [0, 0.1) is 0 Å². The van der Waals surface area contributed by atoms with Crippen molar-refractivity contribution in [1.29, 1.82) is 0 Å². The molecule has 0 radical (unpaired) electrons. The maximum Gasteiger partial charge on any atom is 0.416 e. The predicted octanol–water partition coefficient (Wildman–Crippen LogP) is 5.13. The van der Waals surface area contributed by atoms with Crippen LogP contribution in [0.2, 0.25) is 5.02 Å². The number of halogens is 4. The van der Waals surface area contributed by atoms with E-state index in [2.05, 4.69) is 20.5 Å². The van der Waals surface area contributed by atoms with Crippen LogP contribution in [0.3, 0.4) is 0 Å². The molecule has 0 saturated carbocycles. The Bertz CT molecular complexity index is 1030. The van der Waals surface area contributed by atoms with Crippen LogP contribution in [0.5, 0.6) is 0 Å². The lowest BCUT2D eigenvalue weighted by Gasteiger charge is -2.12. The number of nitrogens with one attached hydrogen (secondary N) is 1. The van der Waals surface area contributed by atoms with Gasteiger partial charge in [0.1, 0.15) is 0 Å². The van der Waals surface area contributed by atoms with Gasteiger partial charge in [-0.15, -0.1) is 10.2 Å². The summed E-state index contributed by atoms with van der Waals surface area (Å²) in [5, 5.41) is 11.0. The summed E-state index contributed by atoms with van der Waals surface area (Å²) in [5.74, 6) is -0.853. The molecule has 0 spiro atoms. The second-order valence-electron chi connectivity index (χ2n) is 5.76. The highest BCUT2D eigenvalue weighted by Gasteiger charge is 2.31. The van der Waals surface area contributed by atoms with Gasteiger partial charge in [-0.2, -0.15) is 13.2 Å². The van der Waals surface area contributed by atoms with E-state index in [1.165, 1.54) is 12.1 Å². The van der Waals surface area contributed by atoms with Crippen molar-refractivity contribution in [3.63, 3.8) is 0 Å². The monoisotopic (exact) mass is 422 g/mol. The van der Waals surface area contributed by atoms with Crippen LogP contribution in [-0.2, 0) is 10.9 Å². The summed E-state index contributed by atoms with van der Waals surface area (Å²) >= 11 is 5.86. The minimum absolute atomic E-state index is 0.00631. The first kappa shape index (κ1) is 20.5. The van der Waals surface area contributed by atoms with Gasteiger partial charge in [0, 0.05) is 16.3 Å². The lowest BCUT2D eigenvalue weighted by molar-refractivity contribution is -0.137. The maximum absolute atomic E-state index is 13.0. The quantitative estimate of drug-likeness (QED) is 0.574. The number of aromatic nitrogens is 3. The van der Waals surface area contributed by atoms with Gasteiger partial charge >= 0.3 is 12.1 Å². The van der Waals surface area contributed by atoms with Crippen LogP contribution in [0.1, 0.15) is 23.0 Å². The number of anilines is 2. The molecule has 0 aliphatic heterocycles. The second-order valence-corrected chi connectivity index (χ2v) is 6.20. The van der Waals surface area contributed by atoms with Crippen LogP contribution in [-0.4, -0.2) is 27.8 Å². The predicted molar refractivity (Wildman–Crippen MR) is 101 cm³/mol. The van der Waals surface area contributed by atoms with E-state index in [0.29, 0.717) is 10.7 Å². The van der Waals surface area contributed by atoms with Crippen molar-refractivity contribution in [2.45, 2.75) is 13.1 Å². The number of carbonyl (C=O) groups is 1. The maximum atomic E-state index is 13.0. The first-order chi connectivity index (χ1) is 13.8. The molecule has 1 aromatic heterocycles. The summed E-state index contributed by atoms with van der Waals surface area (Å²) in [6.07, 6.45) is -4.52. The van der Waals surface area contributed by atoms with Gasteiger partial charge in [-0.1, -0.05) is 23.7 Å². The van der Waals surface area contributed by atoms with Crippen molar-refractivity contribution in [2.75, 3.05) is 11.9 Å². The van der Waals surface area contributed by atoms with Gasteiger partial charge in [-0.05, 0) is 43.3 Å². The van der Waals surface area contributed by atoms with Gasteiger partial charge in [-0.25, -0.2) is 9.78 Å². The minimum Gasteiger partial charge on any atom is -0.461 e. The third-order valence-corrected chi connectivity index (χ3v) is 3.96. The molecule has 3 rings (SSSR count). The number of rotatable bonds is 5. The molecule has 0 saturated heterocycles. The second kappa shape index (κ2) is 8.44. The number of hydrogen-bond donors (Lipinski definition) is 1. The molecule has 0 atom stereocenters. The van der Waals surface area contributed by atoms with E-state index in [9.17, 15) is 18.0 Å². The smallest absolute Gasteiger partial charge is 0.416 e. The Kier molecular flexibility index (Phi) is 5.97. The number of esters is 1. The summed E-state index contributed by atoms with van der Waals surface area (Å²) in [5.41, 5.74) is -0.407. The Labute approximate surface area is 168 Å². The third-order valence-electron chi connectivity index (χ3n) is 3.71. The molecule has 10 heteroatoms. The summed E-state index contributed by atoms with van der Waals surface area (Å²) < 4.78 is 43.9. The molecule has 6 nitrogen and oxygen atoms in total. The molecule has 1 N–H and O–H groups in total. The Balaban J connectivity index is 2.04. The van der Waals surface area contributed by atoms with Crippen LogP contribution >= 0.6 is 11.6 Å². The van der Waals surface area contributed by atoms with E-state index in [1.54, 1.807) is 31.2 Å². The molecule has 2 aromatic carbocycles. The zero-order chi connectivity index (χ0) is 21.0. The number of benzene rings is 2. The molecular formula is C19H14ClF3N4O2. The van der Waals surface area contributed by atoms with Gasteiger partial charge in [0.05, 0.1) is 12.2 Å². The van der Waals surface area contributed by atoms with Crippen molar-refractivity contribution >= 4 is 29.1 Å².